The van der Waals surface area contributed by atoms with Crippen LogP contribution in [0.2, 0.25) is 0 Å². The van der Waals surface area contributed by atoms with Crippen molar-refractivity contribution in [1.29, 1.82) is 0 Å². The molecule has 0 spiro atoms. The molecule has 2 aromatic carbocycles. The Labute approximate surface area is 195 Å². The number of aromatic amines is 1. The van der Waals surface area contributed by atoms with Gasteiger partial charge in [0.25, 0.3) is 0 Å². The highest BCUT2D eigenvalue weighted by Gasteiger charge is 2.36. The van der Waals surface area contributed by atoms with Gasteiger partial charge in [0, 0.05) is 38.0 Å². The Morgan fingerprint density at radius 2 is 1.82 bits per heavy atom. The quantitative estimate of drug-likeness (QED) is 0.568. The first kappa shape index (κ1) is 22.5. The summed E-state index contributed by atoms with van der Waals surface area (Å²) in [6.45, 7) is 3.11. The van der Waals surface area contributed by atoms with E-state index < -0.39 is 11.6 Å². The monoisotopic (exact) mass is 469 g/mol. The van der Waals surface area contributed by atoms with Crippen molar-refractivity contribution in [1.82, 2.24) is 15.2 Å². The molecule has 0 radical (unpaired) electrons. The van der Waals surface area contributed by atoms with Crippen LogP contribution < -0.4 is 5.32 Å². The molecule has 178 valence electrons. The molecular weight excluding hydrogens is 443 g/mol. The lowest BCUT2D eigenvalue weighted by Gasteiger charge is -2.36. The number of hydrogen-bond acceptors (Lipinski definition) is 2. The van der Waals surface area contributed by atoms with Gasteiger partial charge in [0.05, 0.1) is 17.1 Å². The van der Waals surface area contributed by atoms with E-state index in [1.54, 1.807) is 17.0 Å². The van der Waals surface area contributed by atoms with Crippen LogP contribution in [0.15, 0.2) is 36.4 Å². The molecule has 1 aromatic heterocycles. The van der Waals surface area contributed by atoms with Crippen molar-refractivity contribution in [3.8, 4) is 11.3 Å². The fraction of sp³-hybridized carbons (Fsp3) is 0.385. The third kappa shape index (κ3) is 4.17. The molecule has 1 aliphatic carbocycles. The second kappa shape index (κ2) is 8.81. The van der Waals surface area contributed by atoms with Gasteiger partial charge in [-0.3, -0.25) is 9.59 Å². The number of aromatic nitrogens is 1. The van der Waals surface area contributed by atoms with E-state index in [1.165, 1.54) is 25.1 Å². The lowest BCUT2D eigenvalue weighted by molar-refractivity contribution is -0.128. The van der Waals surface area contributed by atoms with E-state index in [4.69, 9.17) is 0 Å². The minimum absolute atomic E-state index is 0.0132. The summed E-state index contributed by atoms with van der Waals surface area (Å²) in [5.74, 6) is -1.58. The molecule has 2 fully saturated rings. The van der Waals surface area contributed by atoms with Crippen molar-refractivity contribution in [3.63, 3.8) is 0 Å². The number of rotatable bonds is 5. The maximum absolute atomic E-state index is 14.5. The maximum atomic E-state index is 14.5. The Morgan fingerprint density at radius 3 is 2.50 bits per heavy atom. The largest absolute Gasteiger partial charge is 0.356 e. The SMILES string of the molecule is CC(=O)N1CC[C@H](C(=O)NC[C@H]2C[C@H](c3c(-c4ccc(F)cc4)[nH]c4c(F)cc(F)cc43)C2)C1. The standard InChI is InChI=1S/C26H26F3N3O2/c1-14(33)32-7-6-17(13-32)26(34)30-12-15-8-18(9-15)23-21-10-20(28)11-22(29)25(21)31-24(23)16-2-4-19(27)5-3-16/h2-5,10-11,15,17-18,31H,6-9,12-13H2,1H3,(H,30,34)/t15-,17-,18-/m0/s1. The van der Waals surface area contributed by atoms with E-state index in [0.29, 0.717) is 42.7 Å². The number of H-pyrrole nitrogens is 1. The summed E-state index contributed by atoms with van der Waals surface area (Å²) in [5, 5.41) is 3.51. The van der Waals surface area contributed by atoms with Crippen molar-refractivity contribution in [2.75, 3.05) is 19.6 Å². The summed E-state index contributed by atoms with van der Waals surface area (Å²) in [6, 6.07) is 8.13. The van der Waals surface area contributed by atoms with Crippen molar-refractivity contribution >= 4 is 22.7 Å². The van der Waals surface area contributed by atoms with Crippen LogP contribution in [-0.2, 0) is 9.59 Å². The van der Waals surface area contributed by atoms with Crippen LogP contribution in [0.4, 0.5) is 13.2 Å². The van der Waals surface area contributed by atoms with E-state index in [9.17, 15) is 22.8 Å². The van der Waals surface area contributed by atoms with Crippen LogP contribution in [0.3, 0.4) is 0 Å². The van der Waals surface area contributed by atoms with Crippen molar-refractivity contribution < 1.29 is 22.8 Å². The molecule has 8 heteroatoms. The van der Waals surface area contributed by atoms with Crippen LogP contribution in [0, 0.1) is 29.3 Å². The van der Waals surface area contributed by atoms with Crippen molar-refractivity contribution in [3.05, 3.63) is 59.4 Å². The van der Waals surface area contributed by atoms with Crippen LogP contribution >= 0.6 is 0 Å². The fourth-order valence-corrected chi connectivity index (χ4v) is 5.30. The molecule has 2 heterocycles. The highest BCUT2D eigenvalue weighted by atomic mass is 19.1. The minimum Gasteiger partial charge on any atom is -0.356 e. The normalized spacial score (nSPS) is 22.1. The number of amides is 2. The summed E-state index contributed by atoms with van der Waals surface area (Å²) < 4.78 is 42.0. The molecule has 34 heavy (non-hydrogen) atoms. The lowest BCUT2D eigenvalue weighted by Crippen LogP contribution is -2.39. The van der Waals surface area contributed by atoms with E-state index in [-0.39, 0.29) is 40.9 Å². The van der Waals surface area contributed by atoms with Crippen LogP contribution in [0.25, 0.3) is 22.2 Å². The zero-order valence-corrected chi connectivity index (χ0v) is 18.8. The summed E-state index contributed by atoms with van der Waals surface area (Å²) >= 11 is 0. The van der Waals surface area contributed by atoms with Gasteiger partial charge in [-0.25, -0.2) is 13.2 Å². The second-order valence-electron chi connectivity index (χ2n) is 9.46. The molecule has 5 rings (SSSR count). The molecule has 0 bridgehead atoms. The Kier molecular flexibility index (Phi) is 5.83. The van der Waals surface area contributed by atoms with Gasteiger partial charge in [-0.05, 0) is 72.6 Å². The summed E-state index contributed by atoms with van der Waals surface area (Å²) in [5.41, 5.74) is 2.45. The average Bonchev–Trinajstić information content (AvgIpc) is 3.39. The molecule has 1 saturated heterocycles. The molecule has 2 N–H and O–H groups in total. The molecule has 2 amide bonds. The third-order valence-electron chi connectivity index (χ3n) is 7.21. The number of carbonyl (C=O) groups excluding carboxylic acids is 2. The topological polar surface area (TPSA) is 65.2 Å². The number of carbonyl (C=O) groups is 2. The van der Waals surface area contributed by atoms with Crippen LogP contribution in [0.1, 0.15) is 37.7 Å². The first-order valence-corrected chi connectivity index (χ1v) is 11.6. The predicted octanol–water partition coefficient (Wildman–Crippen LogP) is 4.73. The molecule has 2 aliphatic rings. The number of halogens is 3. The number of likely N-dealkylation sites (tertiary alicyclic amines) is 1. The van der Waals surface area contributed by atoms with Crippen molar-refractivity contribution in [2.24, 2.45) is 11.8 Å². The van der Waals surface area contributed by atoms with E-state index in [2.05, 4.69) is 10.3 Å². The summed E-state index contributed by atoms with van der Waals surface area (Å²) in [4.78, 5) is 28.8. The first-order chi connectivity index (χ1) is 16.3. The van der Waals surface area contributed by atoms with E-state index in [0.717, 1.165) is 24.5 Å². The highest BCUT2D eigenvalue weighted by Crippen LogP contribution is 2.48. The van der Waals surface area contributed by atoms with Gasteiger partial charge in [0.15, 0.2) is 0 Å². The molecule has 0 unspecified atom stereocenters. The molecule has 1 atom stereocenters. The Bertz CT molecular complexity index is 1250. The molecule has 5 nitrogen and oxygen atoms in total. The first-order valence-electron chi connectivity index (χ1n) is 11.6. The number of benzene rings is 2. The van der Waals surface area contributed by atoms with Gasteiger partial charge in [0.1, 0.15) is 17.5 Å². The lowest BCUT2D eigenvalue weighted by atomic mass is 9.70. The Balaban J connectivity index is 1.30. The predicted molar refractivity (Wildman–Crippen MR) is 122 cm³/mol. The second-order valence-corrected chi connectivity index (χ2v) is 9.46. The maximum Gasteiger partial charge on any atom is 0.224 e. The summed E-state index contributed by atoms with van der Waals surface area (Å²) in [6.07, 6.45) is 2.21. The minimum atomic E-state index is -0.663. The van der Waals surface area contributed by atoms with E-state index >= 15 is 0 Å². The molecule has 1 saturated carbocycles. The average molecular weight is 470 g/mol. The molecule has 1 aliphatic heterocycles. The summed E-state index contributed by atoms with van der Waals surface area (Å²) in [7, 11) is 0. The zero-order valence-electron chi connectivity index (χ0n) is 18.8. The number of fused-ring (bicyclic) bond motifs is 1. The van der Waals surface area contributed by atoms with Gasteiger partial charge in [0.2, 0.25) is 11.8 Å². The number of nitrogens with zero attached hydrogens (tertiary/aromatic N) is 1. The Hall–Kier alpha value is -3.29. The van der Waals surface area contributed by atoms with Crippen LogP contribution in [0.5, 0.6) is 0 Å². The fourth-order valence-electron chi connectivity index (χ4n) is 5.30. The number of hydrogen-bond donors (Lipinski definition) is 2. The van der Waals surface area contributed by atoms with Crippen molar-refractivity contribution in [2.45, 2.75) is 32.1 Å². The van der Waals surface area contributed by atoms with E-state index in [1.807, 2.05) is 0 Å². The van der Waals surface area contributed by atoms with Gasteiger partial charge >= 0.3 is 0 Å². The van der Waals surface area contributed by atoms with Gasteiger partial charge < -0.3 is 15.2 Å². The highest BCUT2D eigenvalue weighted by molar-refractivity contribution is 5.92. The van der Waals surface area contributed by atoms with Crippen LogP contribution in [-0.4, -0.2) is 41.3 Å². The number of nitrogens with one attached hydrogen (secondary N) is 2. The molecular formula is C26H26F3N3O2. The Morgan fingerprint density at radius 1 is 1.09 bits per heavy atom. The van der Waals surface area contributed by atoms with Gasteiger partial charge in [-0.1, -0.05) is 0 Å². The zero-order chi connectivity index (χ0) is 24.0. The third-order valence-corrected chi connectivity index (χ3v) is 7.21. The molecule has 3 aromatic rings. The van der Waals surface area contributed by atoms with Gasteiger partial charge in [-0.2, -0.15) is 0 Å². The smallest absolute Gasteiger partial charge is 0.224 e. The van der Waals surface area contributed by atoms with Gasteiger partial charge in [-0.15, -0.1) is 0 Å².